The Morgan fingerprint density at radius 2 is 2.14 bits per heavy atom. The monoisotopic (exact) mass is 329 g/mol. The molecule has 1 saturated heterocycles. The first-order valence-corrected chi connectivity index (χ1v) is 6.56. The molecule has 1 aliphatic rings. The fourth-order valence-corrected chi connectivity index (χ4v) is 2.39. The zero-order valence-electron chi connectivity index (χ0n) is 11.0. The van der Waals surface area contributed by atoms with Gasteiger partial charge in [0, 0.05) is 6.54 Å². The largest absolute Gasteiger partial charge is 0.465 e. The molecule has 116 valence electrons. The van der Waals surface area contributed by atoms with Gasteiger partial charge in [-0.3, -0.25) is 9.69 Å². The lowest BCUT2D eigenvalue weighted by molar-refractivity contribution is -0.119. The zero-order chi connectivity index (χ0) is 16.4. The van der Waals surface area contributed by atoms with Gasteiger partial charge in [-0.05, 0) is 18.6 Å². The van der Waals surface area contributed by atoms with Gasteiger partial charge in [0.2, 0.25) is 5.91 Å². The maximum atomic E-state index is 13.7. The summed E-state index contributed by atoms with van der Waals surface area (Å²) in [5, 5.41) is 19.3. The Labute approximate surface area is 128 Å². The molecule has 0 saturated carbocycles. The molecule has 1 aliphatic heterocycles. The first-order valence-electron chi connectivity index (χ1n) is 6.18. The van der Waals surface area contributed by atoms with Gasteiger partial charge in [0.25, 0.3) is 0 Å². The molecule has 1 heterocycles. The van der Waals surface area contributed by atoms with Crippen LogP contribution < -0.4 is 5.32 Å². The minimum Gasteiger partial charge on any atom is -0.465 e. The molecule has 6 nitrogen and oxygen atoms in total. The molecule has 0 spiro atoms. The van der Waals surface area contributed by atoms with Crippen LogP contribution in [0.1, 0.15) is 6.42 Å². The number of likely N-dealkylation sites (tertiary alicyclic amines) is 1. The van der Waals surface area contributed by atoms with Crippen LogP contribution in [0.2, 0.25) is 5.02 Å². The number of hydrogen-bond acceptors (Lipinski definition) is 3. The van der Waals surface area contributed by atoms with Gasteiger partial charge in [-0.15, -0.1) is 0 Å². The fraction of sp³-hybridized carbons (Fsp3) is 0.308. The van der Waals surface area contributed by atoms with Gasteiger partial charge in [0.15, 0.2) is 5.82 Å². The third kappa shape index (κ3) is 2.94. The van der Waals surface area contributed by atoms with Gasteiger partial charge in [-0.1, -0.05) is 11.6 Å². The number of halogens is 3. The smallest absolute Gasteiger partial charge is 0.408 e. The van der Waals surface area contributed by atoms with Crippen molar-refractivity contribution in [2.24, 2.45) is 5.92 Å². The second-order valence-corrected chi connectivity index (χ2v) is 5.10. The van der Waals surface area contributed by atoms with Crippen LogP contribution in [-0.4, -0.2) is 34.6 Å². The van der Waals surface area contributed by atoms with E-state index in [-0.39, 0.29) is 18.7 Å². The number of nitrogens with zero attached hydrogens (tertiary/aromatic N) is 2. The van der Waals surface area contributed by atoms with E-state index in [0.717, 1.165) is 17.0 Å². The lowest BCUT2D eigenvalue weighted by atomic mass is 10.1. The molecule has 1 unspecified atom stereocenters. The van der Waals surface area contributed by atoms with Crippen molar-refractivity contribution in [3.05, 3.63) is 28.8 Å². The van der Waals surface area contributed by atoms with E-state index in [1.807, 2.05) is 6.07 Å². The Bertz CT molecular complexity index is 677. The summed E-state index contributed by atoms with van der Waals surface area (Å²) < 4.78 is 26.8. The summed E-state index contributed by atoms with van der Waals surface area (Å²) in [6.07, 6.45) is -1.35. The number of carbonyl (C=O) groups is 2. The van der Waals surface area contributed by atoms with Crippen LogP contribution in [0.5, 0.6) is 0 Å². The fourth-order valence-electron chi connectivity index (χ4n) is 2.23. The third-order valence-corrected chi connectivity index (χ3v) is 3.67. The summed E-state index contributed by atoms with van der Waals surface area (Å²) >= 11 is 5.40. The topological polar surface area (TPSA) is 93.4 Å². The van der Waals surface area contributed by atoms with E-state index in [4.69, 9.17) is 22.0 Å². The lowest BCUT2D eigenvalue weighted by Gasteiger charge is -2.20. The third-order valence-electron chi connectivity index (χ3n) is 3.33. The second kappa shape index (κ2) is 6.15. The molecule has 2 amide bonds. The van der Waals surface area contributed by atoms with Crippen molar-refractivity contribution in [2.75, 3.05) is 11.9 Å². The molecule has 0 bridgehead atoms. The molecular weight excluding hydrogens is 320 g/mol. The summed E-state index contributed by atoms with van der Waals surface area (Å²) in [5.74, 6) is -3.54. The highest BCUT2D eigenvalue weighted by atomic mass is 35.5. The predicted molar refractivity (Wildman–Crippen MR) is 72.2 cm³/mol. The molecule has 1 fully saturated rings. The van der Waals surface area contributed by atoms with E-state index in [0.29, 0.717) is 0 Å². The number of hydrogen-bond donors (Lipinski definition) is 2. The van der Waals surface area contributed by atoms with Gasteiger partial charge in [0.05, 0.1) is 17.7 Å². The molecule has 1 aromatic rings. The Balaban J connectivity index is 2.20. The number of amides is 2. The molecule has 22 heavy (non-hydrogen) atoms. The Morgan fingerprint density at radius 1 is 1.45 bits per heavy atom. The van der Waals surface area contributed by atoms with E-state index in [1.165, 1.54) is 0 Å². The maximum Gasteiger partial charge on any atom is 0.408 e. The maximum absolute atomic E-state index is 13.7. The SMILES string of the molecule is N#CC1C[C@@H](C(=O)Nc2ccc(F)c(Cl)c2F)N(C(=O)O)C1. The first kappa shape index (κ1) is 16.0. The van der Waals surface area contributed by atoms with Crippen LogP contribution in [0.15, 0.2) is 12.1 Å². The van der Waals surface area contributed by atoms with E-state index >= 15 is 0 Å². The number of carbonyl (C=O) groups excluding carboxylic acids is 1. The van der Waals surface area contributed by atoms with E-state index in [2.05, 4.69) is 5.32 Å². The van der Waals surface area contributed by atoms with Gasteiger partial charge in [-0.25, -0.2) is 13.6 Å². The summed E-state index contributed by atoms with van der Waals surface area (Å²) in [7, 11) is 0. The molecule has 0 aliphatic carbocycles. The number of nitriles is 1. The Hall–Kier alpha value is -2.40. The molecule has 2 atom stereocenters. The standard InChI is InChI=1S/C13H10ClF2N3O3/c14-10-7(15)1-2-8(11(10)16)18-12(20)9-3-6(4-17)5-19(9)13(21)22/h1-2,6,9H,3,5H2,(H,18,20)(H,21,22)/t6?,9-/m0/s1. The average molecular weight is 330 g/mol. The summed E-state index contributed by atoms with van der Waals surface area (Å²) in [5.41, 5.74) is -0.359. The van der Waals surface area contributed by atoms with Crippen LogP contribution in [0.25, 0.3) is 0 Å². The highest BCUT2D eigenvalue weighted by Gasteiger charge is 2.40. The second-order valence-electron chi connectivity index (χ2n) is 4.72. The van der Waals surface area contributed by atoms with Crippen molar-refractivity contribution in [2.45, 2.75) is 12.5 Å². The summed E-state index contributed by atoms with van der Waals surface area (Å²) in [4.78, 5) is 24.0. The van der Waals surface area contributed by atoms with Crippen molar-refractivity contribution < 1.29 is 23.5 Å². The number of nitrogens with one attached hydrogen (secondary N) is 1. The van der Waals surface area contributed by atoms with E-state index in [9.17, 15) is 18.4 Å². The van der Waals surface area contributed by atoms with Gasteiger partial charge in [-0.2, -0.15) is 5.26 Å². The van der Waals surface area contributed by atoms with Crippen molar-refractivity contribution in [3.8, 4) is 6.07 Å². The highest BCUT2D eigenvalue weighted by molar-refractivity contribution is 6.31. The number of anilines is 1. The highest BCUT2D eigenvalue weighted by Crippen LogP contribution is 2.28. The minimum atomic E-state index is -1.35. The van der Waals surface area contributed by atoms with Gasteiger partial charge in [0.1, 0.15) is 16.9 Å². The zero-order valence-corrected chi connectivity index (χ0v) is 11.8. The normalized spacial score (nSPS) is 20.5. The van der Waals surface area contributed by atoms with Crippen molar-refractivity contribution in [1.82, 2.24) is 4.90 Å². The van der Waals surface area contributed by atoms with Crippen LogP contribution in [-0.2, 0) is 4.79 Å². The van der Waals surface area contributed by atoms with Crippen LogP contribution in [0, 0.1) is 28.9 Å². The molecule has 0 radical (unpaired) electrons. The average Bonchev–Trinajstić information content (AvgIpc) is 2.92. The molecule has 2 N–H and O–H groups in total. The molecular formula is C13H10ClF2N3O3. The molecule has 2 rings (SSSR count). The number of rotatable bonds is 2. The van der Waals surface area contributed by atoms with E-state index < -0.39 is 40.6 Å². The number of benzene rings is 1. The van der Waals surface area contributed by atoms with Crippen LogP contribution in [0.3, 0.4) is 0 Å². The molecule has 1 aromatic carbocycles. The van der Waals surface area contributed by atoms with E-state index in [1.54, 1.807) is 0 Å². The number of carboxylic acid groups (broad SMARTS) is 1. The minimum absolute atomic E-state index is 0.00514. The quantitative estimate of drug-likeness (QED) is 0.815. The van der Waals surface area contributed by atoms with Crippen molar-refractivity contribution in [1.29, 1.82) is 5.26 Å². The van der Waals surface area contributed by atoms with Crippen LogP contribution in [0.4, 0.5) is 19.3 Å². The van der Waals surface area contributed by atoms with Crippen LogP contribution >= 0.6 is 11.6 Å². The Morgan fingerprint density at radius 3 is 2.73 bits per heavy atom. The Kier molecular flexibility index (Phi) is 4.47. The first-order chi connectivity index (χ1) is 10.3. The van der Waals surface area contributed by atoms with Gasteiger partial charge >= 0.3 is 6.09 Å². The lowest BCUT2D eigenvalue weighted by Crippen LogP contribution is -2.42. The summed E-state index contributed by atoms with van der Waals surface area (Å²) in [6.45, 7) is -0.101. The van der Waals surface area contributed by atoms with Crippen molar-refractivity contribution >= 4 is 29.3 Å². The molecule has 9 heteroatoms. The molecule has 0 aromatic heterocycles. The van der Waals surface area contributed by atoms with Gasteiger partial charge < -0.3 is 10.4 Å². The summed E-state index contributed by atoms with van der Waals surface area (Å²) in [6, 6.07) is 2.64. The predicted octanol–water partition coefficient (Wildman–Crippen LogP) is 2.45. The van der Waals surface area contributed by atoms with Crippen molar-refractivity contribution in [3.63, 3.8) is 0 Å².